The van der Waals surface area contributed by atoms with Gasteiger partial charge in [-0.1, -0.05) is 6.07 Å². The van der Waals surface area contributed by atoms with Crippen molar-refractivity contribution in [2.24, 2.45) is 0 Å². The molecule has 0 bridgehead atoms. The highest BCUT2D eigenvalue weighted by Crippen LogP contribution is 2.21. The van der Waals surface area contributed by atoms with Crippen molar-refractivity contribution in [1.29, 1.82) is 0 Å². The van der Waals surface area contributed by atoms with Crippen LogP contribution < -0.4 is 10.6 Å². The summed E-state index contributed by atoms with van der Waals surface area (Å²) in [7, 11) is 1.83. The van der Waals surface area contributed by atoms with E-state index in [1.54, 1.807) is 12.1 Å². The molecule has 1 heterocycles. The van der Waals surface area contributed by atoms with Gasteiger partial charge in [-0.25, -0.2) is 4.39 Å². The maximum atomic E-state index is 13.7. The molecule has 0 atom stereocenters. The van der Waals surface area contributed by atoms with Crippen molar-refractivity contribution < 1.29 is 4.39 Å². The number of aryl methyl sites for hydroxylation is 1. The third-order valence-corrected chi connectivity index (χ3v) is 2.73. The fourth-order valence-electron chi connectivity index (χ4n) is 1.85. The second-order valence-electron chi connectivity index (χ2n) is 4.34. The Morgan fingerprint density at radius 1 is 1.28 bits per heavy atom. The summed E-state index contributed by atoms with van der Waals surface area (Å²) in [5, 5.41) is 0. The van der Waals surface area contributed by atoms with E-state index in [2.05, 4.69) is 4.98 Å². The number of hydrogen-bond donors (Lipinski definition) is 1. The van der Waals surface area contributed by atoms with E-state index in [0.717, 1.165) is 11.4 Å². The maximum absolute atomic E-state index is 13.7. The standard InChI is InChI=1S/C14H16FN3/c1-10-4-3-5-12(17-10)9-18(2)14-7-6-11(16)8-13(14)15/h3-8H,9,16H2,1-2H3. The van der Waals surface area contributed by atoms with Gasteiger partial charge in [-0.2, -0.15) is 0 Å². The minimum atomic E-state index is -0.315. The molecule has 0 saturated heterocycles. The molecule has 1 aromatic heterocycles. The maximum Gasteiger partial charge on any atom is 0.148 e. The van der Waals surface area contributed by atoms with E-state index in [1.165, 1.54) is 6.07 Å². The van der Waals surface area contributed by atoms with Crippen LogP contribution in [0.15, 0.2) is 36.4 Å². The van der Waals surface area contributed by atoms with Gasteiger partial charge < -0.3 is 10.6 Å². The van der Waals surface area contributed by atoms with Gasteiger partial charge in [0.1, 0.15) is 5.82 Å². The van der Waals surface area contributed by atoms with Gasteiger partial charge in [0.25, 0.3) is 0 Å². The van der Waals surface area contributed by atoms with E-state index in [4.69, 9.17) is 5.73 Å². The monoisotopic (exact) mass is 245 g/mol. The van der Waals surface area contributed by atoms with Gasteiger partial charge in [0.05, 0.1) is 17.9 Å². The second-order valence-corrected chi connectivity index (χ2v) is 4.34. The van der Waals surface area contributed by atoms with Crippen LogP contribution in [0.2, 0.25) is 0 Å². The smallest absolute Gasteiger partial charge is 0.148 e. The first-order chi connectivity index (χ1) is 8.56. The zero-order valence-electron chi connectivity index (χ0n) is 10.5. The number of anilines is 2. The Kier molecular flexibility index (Phi) is 3.46. The molecule has 0 aliphatic carbocycles. The predicted octanol–water partition coefficient (Wildman–Crippen LogP) is 2.75. The Hall–Kier alpha value is -2.10. The molecule has 0 fully saturated rings. The van der Waals surface area contributed by atoms with E-state index in [0.29, 0.717) is 17.9 Å². The third kappa shape index (κ3) is 2.77. The van der Waals surface area contributed by atoms with Crippen LogP contribution in [-0.4, -0.2) is 12.0 Å². The van der Waals surface area contributed by atoms with Crippen LogP contribution in [0.25, 0.3) is 0 Å². The quantitative estimate of drug-likeness (QED) is 0.845. The number of aromatic nitrogens is 1. The number of pyridine rings is 1. The lowest BCUT2D eigenvalue weighted by molar-refractivity contribution is 0.622. The van der Waals surface area contributed by atoms with Crippen molar-refractivity contribution in [1.82, 2.24) is 4.98 Å². The number of nitrogen functional groups attached to an aromatic ring is 1. The molecule has 94 valence electrons. The summed E-state index contributed by atoms with van der Waals surface area (Å²) in [6.45, 7) is 2.50. The molecule has 0 amide bonds. The zero-order valence-corrected chi connectivity index (χ0v) is 10.5. The lowest BCUT2D eigenvalue weighted by Gasteiger charge is -2.19. The Labute approximate surface area is 106 Å². The molecular formula is C14H16FN3. The van der Waals surface area contributed by atoms with Crippen LogP contribution in [0.4, 0.5) is 15.8 Å². The Morgan fingerprint density at radius 2 is 2.06 bits per heavy atom. The molecule has 0 spiro atoms. The highest BCUT2D eigenvalue weighted by atomic mass is 19.1. The summed E-state index contributed by atoms with van der Waals surface area (Å²) >= 11 is 0. The molecule has 0 unspecified atom stereocenters. The van der Waals surface area contributed by atoms with Gasteiger partial charge in [0.15, 0.2) is 0 Å². The molecule has 0 saturated carbocycles. The number of benzene rings is 1. The summed E-state index contributed by atoms with van der Waals surface area (Å²) in [4.78, 5) is 6.21. The lowest BCUT2D eigenvalue weighted by Crippen LogP contribution is -2.18. The van der Waals surface area contributed by atoms with Crippen LogP contribution in [0, 0.1) is 12.7 Å². The molecule has 2 rings (SSSR count). The SMILES string of the molecule is Cc1cccc(CN(C)c2ccc(N)cc2F)n1. The van der Waals surface area contributed by atoms with Crippen molar-refractivity contribution in [2.45, 2.75) is 13.5 Å². The first-order valence-electron chi connectivity index (χ1n) is 5.75. The molecule has 18 heavy (non-hydrogen) atoms. The fourth-order valence-corrected chi connectivity index (χ4v) is 1.85. The largest absolute Gasteiger partial charge is 0.399 e. The molecule has 0 aliphatic rings. The minimum absolute atomic E-state index is 0.315. The number of nitrogens with two attached hydrogens (primary N) is 1. The molecule has 3 nitrogen and oxygen atoms in total. The Bertz CT molecular complexity index is 554. The van der Waals surface area contributed by atoms with Gasteiger partial charge in [-0.05, 0) is 37.3 Å². The molecule has 4 heteroatoms. The number of nitrogens with zero attached hydrogens (tertiary/aromatic N) is 2. The molecule has 0 radical (unpaired) electrons. The van der Waals surface area contributed by atoms with Crippen LogP contribution in [0.5, 0.6) is 0 Å². The van der Waals surface area contributed by atoms with Crippen molar-refractivity contribution in [3.63, 3.8) is 0 Å². The number of halogens is 1. The molecule has 1 aromatic carbocycles. The highest BCUT2D eigenvalue weighted by molar-refractivity contribution is 5.54. The first-order valence-corrected chi connectivity index (χ1v) is 5.75. The average Bonchev–Trinajstić information content (AvgIpc) is 2.28. The normalized spacial score (nSPS) is 10.4. The van der Waals surface area contributed by atoms with Gasteiger partial charge in [0.2, 0.25) is 0 Å². The number of rotatable bonds is 3. The summed E-state index contributed by atoms with van der Waals surface area (Å²) < 4.78 is 13.7. The van der Waals surface area contributed by atoms with E-state index < -0.39 is 0 Å². The van der Waals surface area contributed by atoms with Gasteiger partial charge in [-0.15, -0.1) is 0 Å². The van der Waals surface area contributed by atoms with Crippen molar-refractivity contribution in [2.75, 3.05) is 17.7 Å². The second kappa shape index (κ2) is 5.04. The van der Waals surface area contributed by atoms with E-state index >= 15 is 0 Å². The topological polar surface area (TPSA) is 42.1 Å². The Morgan fingerprint density at radius 3 is 2.72 bits per heavy atom. The predicted molar refractivity (Wildman–Crippen MR) is 71.9 cm³/mol. The molecule has 2 aromatic rings. The molecule has 0 aliphatic heterocycles. The van der Waals surface area contributed by atoms with Crippen LogP contribution in [0.1, 0.15) is 11.4 Å². The Balaban J connectivity index is 2.19. The van der Waals surface area contributed by atoms with Crippen molar-refractivity contribution >= 4 is 11.4 Å². The van der Waals surface area contributed by atoms with Gasteiger partial charge in [0, 0.05) is 18.4 Å². The zero-order chi connectivity index (χ0) is 13.1. The highest BCUT2D eigenvalue weighted by Gasteiger charge is 2.08. The molecule has 2 N–H and O–H groups in total. The summed E-state index contributed by atoms with van der Waals surface area (Å²) in [6.07, 6.45) is 0. The van der Waals surface area contributed by atoms with Crippen LogP contribution in [-0.2, 0) is 6.54 Å². The first kappa shape index (κ1) is 12.4. The van der Waals surface area contributed by atoms with Crippen molar-refractivity contribution in [3.05, 3.63) is 53.6 Å². The molecular weight excluding hydrogens is 229 g/mol. The van der Waals surface area contributed by atoms with Crippen LogP contribution >= 0.6 is 0 Å². The lowest BCUT2D eigenvalue weighted by atomic mass is 10.2. The van der Waals surface area contributed by atoms with Gasteiger partial charge >= 0.3 is 0 Å². The van der Waals surface area contributed by atoms with Crippen molar-refractivity contribution in [3.8, 4) is 0 Å². The summed E-state index contributed by atoms with van der Waals surface area (Å²) in [5.74, 6) is -0.315. The fraction of sp³-hybridized carbons (Fsp3) is 0.214. The number of hydrogen-bond acceptors (Lipinski definition) is 3. The van der Waals surface area contributed by atoms with E-state index in [-0.39, 0.29) is 5.82 Å². The van der Waals surface area contributed by atoms with Crippen LogP contribution in [0.3, 0.4) is 0 Å². The third-order valence-electron chi connectivity index (χ3n) is 2.73. The van der Waals surface area contributed by atoms with E-state index in [9.17, 15) is 4.39 Å². The average molecular weight is 245 g/mol. The van der Waals surface area contributed by atoms with Gasteiger partial charge in [-0.3, -0.25) is 4.98 Å². The van der Waals surface area contributed by atoms with E-state index in [1.807, 2.05) is 37.1 Å². The summed E-state index contributed by atoms with van der Waals surface area (Å²) in [5.41, 5.74) is 8.35. The summed E-state index contributed by atoms with van der Waals surface area (Å²) in [6, 6.07) is 10.5. The minimum Gasteiger partial charge on any atom is -0.399 e.